The highest BCUT2D eigenvalue weighted by molar-refractivity contribution is 5.81. The van der Waals surface area contributed by atoms with Crippen molar-refractivity contribution < 1.29 is 13.9 Å². The van der Waals surface area contributed by atoms with Crippen LogP contribution >= 0.6 is 0 Å². The molecular weight excluding hydrogens is 284 g/mol. The number of nitrogens with zero attached hydrogens (tertiary/aromatic N) is 3. The highest BCUT2D eigenvalue weighted by Crippen LogP contribution is 2.27. The summed E-state index contributed by atoms with van der Waals surface area (Å²) in [6, 6.07) is 7.25. The Hall–Kier alpha value is -3.27. The van der Waals surface area contributed by atoms with Gasteiger partial charge in [0.1, 0.15) is 12.7 Å². The van der Waals surface area contributed by atoms with Crippen molar-refractivity contribution in [3.8, 4) is 17.6 Å². The summed E-state index contributed by atoms with van der Waals surface area (Å²) in [5.74, 6) is 1.40. The molecule has 0 aliphatic heterocycles. The van der Waals surface area contributed by atoms with Gasteiger partial charge in [0.25, 0.3) is 5.88 Å². The summed E-state index contributed by atoms with van der Waals surface area (Å²) < 4.78 is 15.7. The zero-order valence-electron chi connectivity index (χ0n) is 11.9. The van der Waals surface area contributed by atoms with Crippen molar-refractivity contribution in [2.45, 2.75) is 0 Å². The normalized spacial score (nSPS) is 10.2. The Balaban J connectivity index is 2.08. The molecule has 1 aromatic heterocycles. The Kier molecular flexibility index (Phi) is 5.15. The second-order valence-corrected chi connectivity index (χ2v) is 4.02. The highest BCUT2D eigenvalue weighted by atomic mass is 16.5. The van der Waals surface area contributed by atoms with Crippen LogP contribution in [-0.2, 0) is 0 Å². The van der Waals surface area contributed by atoms with Gasteiger partial charge in [-0.3, -0.25) is 0 Å². The average molecular weight is 298 g/mol. The minimum absolute atomic E-state index is 0.142. The van der Waals surface area contributed by atoms with E-state index in [1.54, 1.807) is 31.5 Å². The second kappa shape index (κ2) is 7.50. The minimum Gasteiger partial charge on any atom is -0.493 e. The number of benzene rings is 1. The van der Waals surface area contributed by atoms with Gasteiger partial charge in [-0.15, -0.1) is 0 Å². The third-order valence-corrected chi connectivity index (χ3v) is 2.60. The van der Waals surface area contributed by atoms with Gasteiger partial charge in [0.2, 0.25) is 5.69 Å². The molecule has 0 amide bonds. The molecule has 2 aromatic rings. The lowest BCUT2D eigenvalue weighted by molar-refractivity contribution is 0.326. The van der Waals surface area contributed by atoms with Gasteiger partial charge in [-0.2, -0.15) is 10.4 Å². The molecule has 0 bridgehead atoms. The Labute approximate surface area is 127 Å². The molecule has 0 fully saturated rings. The summed E-state index contributed by atoms with van der Waals surface area (Å²) in [7, 11) is 1.56. The third kappa shape index (κ3) is 3.64. The minimum atomic E-state index is 0.142. The molecule has 0 atom stereocenters. The molecule has 0 aliphatic carbocycles. The number of nitriles is 1. The monoisotopic (exact) mass is 298 g/mol. The number of anilines is 1. The maximum atomic E-state index is 8.79. The molecule has 112 valence electrons. The van der Waals surface area contributed by atoms with Crippen LogP contribution in [0.25, 0.3) is 0 Å². The van der Waals surface area contributed by atoms with Crippen LogP contribution < -0.4 is 14.9 Å². The van der Waals surface area contributed by atoms with Crippen LogP contribution in [0.2, 0.25) is 0 Å². The molecule has 0 saturated heterocycles. The molecule has 0 saturated carbocycles. The van der Waals surface area contributed by atoms with Gasteiger partial charge in [0.05, 0.1) is 13.3 Å². The largest absolute Gasteiger partial charge is 0.493 e. The summed E-state index contributed by atoms with van der Waals surface area (Å²) in [5.41, 5.74) is 3.54. The van der Waals surface area contributed by atoms with E-state index in [4.69, 9.17) is 19.2 Å². The van der Waals surface area contributed by atoms with Crippen molar-refractivity contribution >= 4 is 12.1 Å². The Bertz CT molecular complexity index is 716. The van der Waals surface area contributed by atoms with Crippen molar-refractivity contribution in [3.63, 3.8) is 0 Å². The van der Waals surface area contributed by atoms with Crippen LogP contribution in [-0.4, -0.2) is 24.9 Å². The first-order chi connectivity index (χ1) is 10.8. The fraction of sp³-hybridized carbons (Fsp3) is 0.133. The topological polar surface area (TPSA) is 92.7 Å². The summed E-state index contributed by atoms with van der Waals surface area (Å²) in [5, 5.41) is 12.8. The number of nitrogens with one attached hydrogen (secondary N) is 1. The van der Waals surface area contributed by atoms with E-state index >= 15 is 0 Å². The van der Waals surface area contributed by atoms with E-state index in [1.807, 2.05) is 12.1 Å². The number of hydrazone groups is 1. The maximum absolute atomic E-state index is 8.79. The molecule has 0 radical (unpaired) electrons. The SMILES string of the molecule is C=CCOc1ccc(/C=N\Nc2ocnc2C#N)cc1OC. The first kappa shape index (κ1) is 15.1. The third-order valence-electron chi connectivity index (χ3n) is 2.60. The number of hydrogen-bond acceptors (Lipinski definition) is 7. The van der Waals surface area contributed by atoms with Gasteiger partial charge in [-0.05, 0) is 23.8 Å². The van der Waals surface area contributed by atoms with Crippen molar-refractivity contribution in [2.24, 2.45) is 5.10 Å². The Morgan fingerprint density at radius 1 is 1.50 bits per heavy atom. The van der Waals surface area contributed by atoms with Gasteiger partial charge >= 0.3 is 0 Å². The number of aromatic nitrogens is 1. The van der Waals surface area contributed by atoms with E-state index in [2.05, 4.69) is 22.1 Å². The smallest absolute Gasteiger partial charge is 0.251 e. The van der Waals surface area contributed by atoms with E-state index in [0.29, 0.717) is 18.1 Å². The van der Waals surface area contributed by atoms with Crippen LogP contribution in [0.5, 0.6) is 11.5 Å². The van der Waals surface area contributed by atoms with Crippen molar-refractivity contribution in [1.29, 1.82) is 5.26 Å². The second-order valence-electron chi connectivity index (χ2n) is 4.02. The van der Waals surface area contributed by atoms with Gasteiger partial charge in [0.15, 0.2) is 17.9 Å². The Morgan fingerprint density at radius 3 is 3.09 bits per heavy atom. The molecule has 0 aliphatic rings. The molecule has 1 N–H and O–H groups in total. The quantitative estimate of drug-likeness (QED) is 0.480. The number of ether oxygens (including phenoxy) is 2. The van der Waals surface area contributed by atoms with Crippen LogP contribution in [0.15, 0.2) is 46.8 Å². The van der Waals surface area contributed by atoms with Crippen molar-refractivity contribution in [3.05, 3.63) is 48.5 Å². The van der Waals surface area contributed by atoms with Gasteiger partial charge in [-0.1, -0.05) is 12.7 Å². The average Bonchev–Trinajstić information content (AvgIpc) is 3.01. The number of hydrogen-bond donors (Lipinski definition) is 1. The predicted octanol–water partition coefficient (Wildman–Crippen LogP) is 2.57. The lowest BCUT2D eigenvalue weighted by atomic mass is 10.2. The number of methoxy groups -OCH3 is 1. The molecule has 1 heterocycles. The van der Waals surface area contributed by atoms with Gasteiger partial charge in [0, 0.05) is 0 Å². The fourth-order valence-electron chi connectivity index (χ4n) is 1.60. The first-order valence-corrected chi connectivity index (χ1v) is 6.33. The van der Waals surface area contributed by atoms with Crippen LogP contribution in [0.1, 0.15) is 11.3 Å². The summed E-state index contributed by atoms with van der Waals surface area (Å²) in [4.78, 5) is 3.72. The Morgan fingerprint density at radius 2 is 2.36 bits per heavy atom. The van der Waals surface area contributed by atoms with Crippen molar-refractivity contribution in [2.75, 3.05) is 19.1 Å². The highest BCUT2D eigenvalue weighted by Gasteiger charge is 2.06. The van der Waals surface area contributed by atoms with E-state index < -0.39 is 0 Å². The molecule has 1 aromatic carbocycles. The lowest BCUT2D eigenvalue weighted by Gasteiger charge is -2.09. The van der Waals surface area contributed by atoms with Crippen LogP contribution in [0, 0.1) is 11.3 Å². The fourth-order valence-corrected chi connectivity index (χ4v) is 1.60. The zero-order chi connectivity index (χ0) is 15.8. The van der Waals surface area contributed by atoms with Gasteiger partial charge in [-0.25, -0.2) is 10.4 Å². The molecular formula is C15H14N4O3. The molecule has 0 spiro atoms. The number of rotatable bonds is 7. The zero-order valence-corrected chi connectivity index (χ0v) is 11.9. The van der Waals surface area contributed by atoms with E-state index in [9.17, 15) is 0 Å². The first-order valence-electron chi connectivity index (χ1n) is 6.33. The molecule has 22 heavy (non-hydrogen) atoms. The molecule has 7 heteroatoms. The molecule has 0 unspecified atom stereocenters. The summed E-state index contributed by atoms with van der Waals surface area (Å²) >= 11 is 0. The van der Waals surface area contributed by atoms with E-state index in [0.717, 1.165) is 5.56 Å². The number of oxazole rings is 1. The summed E-state index contributed by atoms with van der Waals surface area (Å²) in [6.45, 7) is 3.99. The summed E-state index contributed by atoms with van der Waals surface area (Å²) in [6.07, 6.45) is 4.39. The molecule has 7 nitrogen and oxygen atoms in total. The molecule has 2 rings (SSSR count). The van der Waals surface area contributed by atoms with Crippen LogP contribution in [0.4, 0.5) is 5.88 Å². The van der Waals surface area contributed by atoms with E-state index in [-0.39, 0.29) is 11.6 Å². The van der Waals surface area contributed by atoms with Crippen molar-refractivity contribution in [1.82, 2.24) is 4.98 Å². The lowest BCUT2D eigenvalue weighted by Crippen LogP contribution is -1.97. The predicted molar refractivity (Wildman–Crippen MR) is 81.1 cm³/mol. The maximum Gasteiger partial charge on any atom is 0.251 e. The van der Waals surface area contributed by atoms with Gasteiger partial charge < -0.3 is 13.9 Å². The van der Waals surface area contributed by atoms with E-state index in [1.165, 1.54) is 6.39 Å². The standard InChI is InChI=1S/C15H14N4O3/c1-3-6-21-13-5-4-11(7-14(13)20-2)9-18-19-15-12(8-16)17-10-22-15/h3-5,7,9-10,19H,1,6H2,2H3/b18-9-. The van der Waals surface area contributed by atoms with Crippen LogP contribution in [0.3, 0.4) is 0 Å².